The van der Waals surface area contributed by atoms with Gasteiger partial charge in [-0.3, -0.25) is 9.69 Å². The van der Waals surface area contributed by atoms with Crippen molar-refractivity contribution >= 4 is 11.6 Å². The summed E-state index contributed by atoms with van der Waals surface area (Å²) < 4.78 is 5.33. The molecule has 1 saturated heterocycles. The van der Waals surface area contributed by atoms with Crippen LogP contribution in [0.3, 0.4) is 0 Å². The van der Waals surface area contributed by atoms with E-state index in [2.05, 4.69) is 0 Å². The molecule has 0 radical (unpaired) electrons. The molecule has 5 nitrogen and oxygen atoms in total. The van der Waals surface area contributed by atoms with Crippen LogP contribution in [-0.2, 0) is 9.53 Å². The van der Waals surface area contributed by atoms with Crippen LogP contribution in [0.2, 0.25) is 0 Å². The Hall–Kier alpha value is -1.43. The highest BCUT2D eigenvalue weighted by molar-refractivity contribution is 5.94. The molecule has 0 aromatic heterocycles. The van der Waals surface area contributed by atoms with Gasteiger partial charge in [-0.25, -0.2) is 0 Å². The molecule has 5 heteroatoms. The lowest BCUT2D eigenvalue weighted by atomic mass is 10.2. The van der Waals surface area contributed by atoms with Crippen molar-refractivity contribution in [2.24, 2.45) is 0 Å². The van der Waals surface area contributed by atoms with E-state index in [1.165, 1.54) is 0 Å². The molecule has 0 saturated carbocycles. The molecular weight excluding hydrogens is 256 g/mol. The Morgan fingerprint density at radius 2 is 2.20 bits per heavy atom. The van der Waals surface area contributed by atoms with Gasteiger partial charge in [0.2, 0.25) is 5.91 Å². The molecule has 0 spiro atoms. The number of aliphatic hydroxyl groups excluding tert-OH is 1. The van der Waals surface area contributed by atoms with Gasteiger partial charge in [0.05, 0.1) is 32.4 Å². The van der Waals surface area contributed by atoms with Crippen molar-refractivity contribution in [1.29, 1.82) is 0 Å². The molecule has 1 N–H and O–H groups in total. The molecule has 1 amide bonds. The van der Waals surface area contributed by atoms with Crippen molar-refractivity contribution in [3.63, 3.8) is 0 Å². The van der Waals surface area contributed by atoms with Gasteiger partial charge in [0.1, 0.15) is 0 Å². The van der Waals surface area contributed by atoms with Crippen LogP contribution < -0.4 is 4.90 Å². The average Bonchev–Trinajstić information content (AvgIpc) is 2.49. The highest BCUT2D eigenvalue weighted by Crippen LogP contribution is 2.14. The molecule has 20 heavy (non-hydrogen) atoms. The van der Waals surface area contributed by atoms with Crippen LogP contribution in [0.5, 0.6) is 0 Å². The van der Waals surface area contributed by atoms with Gasteiger partial charge in [0.25, 0.3) is 0 Å². The molecular formula is C15H22N2O3. The Kier molecular flexibility index (Phi) is 5.52. The molecule has 110 valence electrons. The number of morpholine rings is 1. The summed E-state index contributed by atoms with van der Waals surface area (Å²) in [4.78, 5) is 16.2. The number of aliphatic hydroxyl groups is 1. The summed E-state index contributed by atoms with van der Waals surface area (Å²) in [6.45, 7) is 4.72. The maximum absolute atomic E-state index is 12.5. The third-order valence-corrected chi connectivity index (χ3v) is 3.58. The number of hydrogen-bond donors (Lipinski definition) is 1. The monoisotopic (exact) mass is 278 g/mol. The molecule has 2 rings (SSSR count). The van der Waals surface area contributed by atoms with E-state index >= 15 is 0 Å². The van der Waals surface area contributed by atoms with Crippen molar-refractivity contribution < 1.29 is 14.6 Å². The van der Waals surface area contributed by atoms with E-state index in [1.54, 1.807) is 4.90 Å². The van der Waals surface area contributed by atoms with Gasteiger partial charge in [-0.1, -0.05) is 18.2 Å². The quantitative estimate of drug-likeness (QED) is 0.863. The van der Waals surface area contributed by atoms with Crippen molar-refractivity contribution in [2.45, 2.75) is 13.0 Å². The normalized spacial score (nSPS) is 19.8. The van der Waals surface area contributed by atoms with Gasteiger partial charge in [-0.2, -0.15) is 0 Å². The summed E-state index contributed by atoms with van der Waals surface area (Å²) >= 11 is 0. The van der Waals surface area contributed by atoms with Crippen LogP contribution in [-0.4, -0.2) is 61.4 Å². The maximum Gasteiger partial charge on any atom is 0.241 e. The summed E-state index contributed by atoms with van der Waals surface area (Å²) in [7, 11) is 0. The minimum absolute atomic E-state index is 0.0186. The number of carbonyl (C=O) groups is 1. The number of likely N-dealkylation sites (N-methyl/N-ethyl adjacent to an activating group) is 1. The van der Waals surface area contributed by atoms with Crippen LogP contribution in [0.1, 0.15) is 6.92 Å². The Morgan fingerprint density at radius 1 is 1.45 bits per heavy atom. The maximum atomic E-state index is 12.5. The van der Waals surface area contributed by atoms with Crippen LogP contribution >= 0.6 is 0 Å². The van der Waals surface area contributed by atoms with Gasteiger partial charge in [-0.05, 0) is 19.1 Å². The number of hydrogen-bond acceptors (Lipinski definition) is 4. The Morgan fingerprint density at radius 3 is 2.85 bits per heavy atom. The summed E-state index contributed by atoms with van der Waals surface area (Å²) in [6, 6.07) is 9.58. The summed E-state index contributed by atoms with van der Waals surface area (Å²) in [6.07, 6.45) is 0. The van der Waals surface area contributed by atoms with E-state index in [0.717, 1.165) is 5.69 Å². The lowest BCUT2D eigenvalue weighted by Gasteiger charge is -2.35. The molecule has 1 unspecified atom stereocenters. The fraction of sp³-hybridized carbons (Fsp3) is 0.533. The first-order valence-corrected chi connectivity index (χ1v) is 7.04. The standard InChI is InChI=1S/C15H22N2O3/c1-2-17(13-6-4-3-5-7-13)15(19)10-16-8-9-20-12-14(16)11-18/h3-7,14,18H,2,8-12H2,1H3. The number of benzene rings is 1. The van der Waals surface area contributed by atoms with Crippen molar-refractivity contribution in [2.75, 3.05) is 44.4 Å². The molecule has 1 fully saturated rings. The van der Waals surface area contributed by atoms with Gasteiger partial charge in [-0.15, -0.1) is 0 Å². The number of nitrogens with zero attached hydrogens (tertiary/aromatic N) is 2. The van der Waals surface area contributed by atoms with E-state index in [9.17, 15) is 9.90 Å². The molecule has 0 bridgehead atoms. The minimum atomic E-state index is -0.0813. The Bertz CT molecular complexity index is 424. The minimum Gasteiger partial charge on any atom is -0.395 e. The van der Waals surface area contributed by atoms with Crippen molar-refractivity contribution in [3.05, 3.63) is 30.3 Å². The summed E-state index contributed by atoms with van der Waals surface area (Å²) in [5.41, 5.74) is 0.911. The molecule has 1 aliphatic rings. The van der Waals surface area contributed by atoms with E-state index in [1.807, 2.05) is 42.2 Å². The zero-order chi connectivity index (χ0) is 14.4. The van der Waals surface area contributed by atoms with E-state index in [-0.39, 0.29) is 18.6 Å². The number of anilines is 1. The van der Waals surface area contributed by atoms with Crippen LogP contribution in [0.4, 0.5) is 5.69 Å². The average molecular weight is 278 g/mol. The second kappa shape index (κ2) is 7.38. The lowest BCUT2D eigenvalue weighted by molar-refractivity contribution is -0.122. The largest absolute Gasteiger partial charge is 0.395 e. The molecule has 1 aromatic carbocycles. The SMILES string of the molecule is CCN(C(=O)CN1CCOCC1CO)c1ccccc1. The van der Waals surface area contributed by atoms with Crippen LogP contribution in [0.25, 0.3) is 0 Å². The molecule has 1 atom stereocenters. The number of rotatable bonds is 5. The number of ether oxygens (including phenoxy) is 1. The van der Waals surface area contributed by atoms with Crippen molar-refractivity contribution in [3.8, 4) is 0 Å². The van der Waals surface area contributed by atoms with Gasteiger partial charge in [0.15, 0.2) is 0 Å². The highest BCUT2D eigenvalue weighted by atomic mass is 16.5. The predicted octanol–water partition coefficient (Wildman–Crippen LogP) is 0.733. The first-order chi connectivity index (χ1) is 9.76. The van der Waals surface area contributed by atoms with Crippen LogP contribution in [0, 0.1) is 0 Å². The molecule has 1 aromatic rings. The second-order valence-electron chi connectivity index (χ2n) is 4.86. The fourth-order valence-corrected chi connectivity index (χ4v) is 2.44. The molecule has 1 heterocycles. The number of para-hydroxylation sites is 1. The molecule has 1 aliphatic heterocycles. The van der Waals surface area contributed by atoms with E-state index in [0.29, 0.717) is 32.8 Å². The van der Waals surface area contributed by atoms with Crippen LogP contribution in [0.15, 0.2) is 30.3 Å². The van der Waals surface area contributed by atoms with Gasteiger partial charge < -0.3 is 14.7 Å². The molecule has 0 aliphatic carbocycles. The second-order valence-corrected chi connectivity index (χ2v) is 4.86. The Balaban J connectivity index is 2.02. The third-order valence-electron chi connectivity index (χ3n) is 3.58. The summed E-state index contributed by atoms with van der Waals surface area (Å²) in [5.74, 6) is 0.0547. The third kappa shape index (κ3) is 3.56. The summed E-state index contributed by atoms with van der Waals surface area (Å²) in [5, 5.41) is 9.34. The lowest BCUT2D eigenvalue weighted by Crippen LogP contribution is -2.51. The number of carbonyl (C=O) groups excluding carboxylic acids is 1. The first kappa shape index (κ1) is 15.0. The predicted molar refractivity (Wildman–Crippen MR) is 77.7 cm³/mol. The topological polar surface area (TPSA) is 53.0 Å². The zero-order valence-corrected chi connectivity index (χ0v) is 11.9. The smallest absolute Gasteiger partial charge is 0.241 e. The van der Waals surface area contributed by atoms with E-state index in [4.69, 9.17) is 4.74 Å². The first-order valence-electron chi connectivity index (χ1n) is 7.04. The number of amides is 1. The van der Waals surface area contributed by atoms with Gasteiger partial charge >= 0.3 is 0 Å². The van der Waals surface area contributed by atoms with Crippen molar-refractivity contribution in [1.82, 2.24) is 4.90 Å². The van der Waals surface area contributed by atoms with E-state index < -0.39 is 0 Å². The zero-order valence-electron chi connectivity index (χ0n) is 11.9. The van der Waals surface area contributed by atoms with Gasteiger partial charge in [0, 0.05) is 18.8 Å². The highest BCUT2D eigenvalue weighted by Gasteiger charge is 2.26. The fourth-order valence-electron chi connectivity index (χ4n) is 2.44. The Labute approximate surface area is 119 Å².